The van der Waals surface area contributed by atoms with E-state index >= 15 is 0 Å². The molecular weight excluding hydrogens is 218 g/mol. The van der Waals surface area contributed by atoms with E-state index in [2.05, 4.69) is 22.3 Å². The molecule has 1 aromatic rings. The maximum Gasteiger partial charge on any atom is 0.361 e. The van der Waals surface area contributed by atoms with Crippen molar-refractivity contribution in [1.82, 2.24) is 15.4 Å². The third kappa shape index (κ3) is 2.84. The zero-order valence-electron chi connectivity index (χ0n) is 10.8. The van der Waals surface area contributed by atoms with Gasteiger partial charge in [0, 0.05) is 5.92 Å². The maximum atomic E-state index is 11.9. The molecule has 0 spiro atoms. The number of hydrogen-bond donors (Lipinski definition) is 1. The normalized spacial score (nSPS) is 17.9. The molecule has 1 aliphatic rings. The lowest BCUT2D eigenvalue weighted by molar-refractivity contribution is 0.00609. The summed E-state index contributed by atoms with van der Waals surface area (Å²) in [5.41, 5.74) is 0.567. The van der Waals surface area contributed by atoms with Gasteiger partial charge in [0.1, 0.15) is 11.3 Å². The van der Waals surface area contributed by atoms with Crippen LogP contribution in [-0.4, -0.2) is 27.0 Å². The molecule has 1 unspecified atom stereocenters. The van der Waals surface area contributed by atoms with Crippen LogP contribution in [0.5, 0.6) is 0 Å². The molecule has 1 N–H and O–H groups in total. The van der Waals surface area contributed by atoms with Crippen LogP contribution in [0.1, 0.15) is 62.6 Å². The molecule has 1 heterocycles. The third-order valence-corrected chi connectivity index (χ3v) is 2.93. The maximum absolute atomic E-state index is 11.9. The van der Waals surface area contributed by atoms with E-state index in [0.717, 1.165) is 5.69 Å². The molecule has 0 bridgehead atoms. The quantitative estimate of drug-likeness (QED) is 0.819. The van der Waals surface area contributed by atoms with Crippen LogP contribution >= 0.6 is 0 Å². The van der Waals surface area contributed by atoms with Crippen LogP contribution < -0.4 is 0 Å². The Labute approximate surface area is 101 Å². The SMILES string of the molecule is CC(c1n[nH]nc1C(=O)OC(C)(C)C)C1CC1. The first-order chi connectivity index (χ1) is 7.88. The Hall–Kier alpha value is -1.39. The highest BCUT2D eigenvalue weighted by molar-refractivity contribution is 5.88. The van der Waals surface area contributed by atoms with Crippen molar-refractivity contribution in [3.8, 4) is 0 Å². The van der Waals surface area contributed by atoms with Gasteiger partial charge < -0.3 is 4.74 Å². The zero-order chi connectivity index (χ0) is 12.6. The summed E-state index contributed by atoms with van der Waals surface area (Å²) in [7, 11) is 0. The Morgan fingerprint density at radius 1 is 1.41 bits per heavy atom. The van der Waals surface area contributed by atoms with Gasteiger partial charge in [0.15, 0.2) is 5.69 Å². The minimum Gasteiger partial charge on any atom is -0.455 e. The predicted molar refractivity (Wildman–Crippen MR) is 62.7 cm³/mol. The van der Waals surface area contributed by atoms with Gasteiger partial charge in [-0.25, -0.2) is 4.79 Å². The average Bonchev–Trinajstić information content (AvgIpc) is 2.91. The van der Waals surface area contributed by atoms with Crippen molar-refractivity contribution in [2.24, 2.45) is 5.92 Å². The lowest BCUT2D eigenvalue weighted by Gasteiger charge is -2.19. The van der Waals surface area contributed by atoms with E-state index in [1.165, 1.54) is 12.8 Å². The minimum absolute atomic E-state index is 0.274. The fraction of sp³-hybridized carbons (Fsp3) is 0.750. The van der Waals surface area contributed by atoms with Gasteiger partial charge >= 0.3 is 5.97 Å². The smallest absolute Gasteiger partial charge is 0.361 e. The van der Waals surface area contributed by atoms with Crippen molar-refractivity contribution >= 4 is 5.97 Å². The van der Waals surface area contributed by atoms with Gasteiger partial charge in [-0.05, 0) is 39.5 Å². The van der Waals surface area contributed by atoms with Gasteiger partial charge in [0.05, 0.1) is 0 Å². The molecule has 0 aliphatic heterocycles. The van der Waals surface area contributed by atoms with Crippen molar-refractivity contribution in [3.63, 3.8) is 0 Å². The predicted octanol–water partition coefficient (Wildman–Crippen LogP) is 2.27. The van der Waals surface area contributed by atoms with Crippen molar-refractivity contribution in [2.75, 3.05) is 0 Å². The molecule has 0 amide bonds. The number of aromatic amines is 1. The summed E-state index contributed by atoms with van der Waals surface area (Å²) in [5, 5.41) is 10.5. The van der Waals surface area contributed by atoms with Crippen LogP contribution in [-0.2, 0) is 4.74 Å². The Bertz CT molecular complexity index is 416. The van der Waals surface area contributed by atoms with Gasteiger partial charge in [-0.15, -0.1) is 5.10 Å². The summed E-state index contributed by atoms with van der Waals surface area (Å²) in [6.45, 7) is 7.61. The number of ether oxygens (including phenoxy) is 1. The third-order valence-electron chi connectivity index (χ3n) is 2.93. The highest BCUT2D eigenvalue weighted by atomic mass is 16.6. The second-order valence-corrected chi connectivity index (χ2v) is 5.69. The first-order valence-electron chi connectivity index (χ1n) is 6.02. The first kappa shape index (κ1) is 12.1. The van der Waals surface area contributed by atoms with Crippen LogP contribution in [0.25, 0.3) is 0 Å². The van der Waals surface area contributed by atoms with Crippen molar-refractivity contribution in [2.45, 2.75) is 52.1 Å². The highest BCUT2D eigenvalue weighted by Gasteiger charge is 2.34. The van der Waals surface area contributed by atoms with Crippen molar-refractivity contribution in [3.05, 3.63) is 11.4 Å². The number of nitrogens with zero attached hydrogens (tertiary/aromatic N) is 2. The van der Waals surface area contributed by atoms with Gasteiger partial charge in [0.2, 0.25) is 0 Å². The summed E-state index contributed by atoms with van der Waals surface area (Å²) in [5.74, 6) is 0.520. The molecule has 1 aliphatic carbocycles. The zero-order valence-corrected chi connectivity index (χ0v) is 10.8. The second kappa shape index (κ2) is 4.13. The van der Waals surface area contributed by atoms with Gasteiger partial charge in [-0.1, -0.05) is 6.92 Å². The topological polar surface area (TPSA) is 67.9 Å². The molecule has 0 saturated heterocycles. The lowest BCUT2D eigenvalue weighted by Crippen LogP contribution is -2.25. The Morgan fingerprint density at radius 2 is 2.06 bits per heavy atom. The van der Waals surface area contributed by atoms with Crippen LogP contribution in [0.4, 0.5) is 0 Å². The molecule has 17 heavy (non-hydrogen) atoms. The van der Waals surface area contributed by atoms with E-state index in [-0.39, 0.29) is 5.92 Å². The largest absolute Gasteiger partial charge is 0.455 e. The summed E-state index contributed by atoms with van der Waals surface area (Å²) >= 11 is 0. The van der Waals surface area contributed by atoms with Crippen LogP contribution in [0.2, 0.25) is 0 Å². The van der Waals surface area contributed by atoms with Gasteiger partial charge in [-0.3, -0.25) is 0 Å². The molecular formula is C12H19N3O2. The van der Waals surface area contributed by atoms with E-state index in [0.29, 0.717) is 11.6 Å². The van der Waals surface area contributed by atoms with E-state index < -0.39 is 11.6 Å². The monoisotopic (exact) mass is 237 g/mol. The van der Waals surface area contributed by atoms with E-state index in [1.54, 1.807) is 0 Å². The number of carbonyl (C=O) groups is 1. The Kier molecular flexibility index (Phi) is 2.93. The number of hydrogen-bond acceptors (Lipinski definition) is 4. The Morgan fingerprint density at radius 3 is 2.59 bits per heavy atom. The highest BCUT2D eigenvalue weighted by Crippen LogP contribution is 2.42. The fourth-order valence-corrected chi connectivity index (χ4v) is 1.85. The average molecular weight is 237 g/mol. The van der Waals surface area contributed by atoms with Crippen LogP contribution in [0, 0.1) is 5.92 Å². The van der Waals surface area contributed by atoms with E-state index in [9.17, 15) is 4.79 Å². The van der Waals surface area contributed by atoms with Crippen LogP contribution in [0.15, 0.2) is 0 Å². The summed E-state index contributed by atoms with van der Waals surface area (Å²) in [6.07, 6.45) is 2.42. The molecule has 1 saturated carbocycles. The van der Waals surface area contributed by atoms with Gasteiger partial charge in [0.25, 0.3) is 0 Å². The number of carbonyl (C=O) groups excluding carboxylic acids is 1. The molecule has 94 valence electrons. The van der Waals surface area contributed by atoms with E-state index in [1.807, 2.05) is 20.8 Å². The summed E-state index contributed by atoms with van der Waals surface area (Å²) in [6, 6.07) is 0. The molecule has 1 atom stereocenters. The standard InChI is InChI=1S/C12H19N3O2/c1-7(8-5-6-8)9-10(14-15-13-9)11(16)17-12(2,3)4/h7-8H,5-6H2,1-4H3,(H,13,14,15). The molecule has 2 rings (SSSR count). The molecule has 5 heteroatoms. The fourth-order valence-electron chi connectivity index (χ4n) is 1.85. The molecule has 1 fully saturated rings. The summed E-state index contributed by atoms with van der Waals surface area (Å²) in [4.78, 5) is 11.9. The number of esters is 1. The molecule has 5 nitrogen and oxygen atoms in total. The number of rotatable bonds is 3. The number of nitrogens with one attached hydrogen (secondary N) is 1. The minimum atomic E-state index is -0.504. The Balaban J connectivity index is 2.15. The van der Waals surface area contributed by atoms with Gasteiger partial charge in [-0.2, -0.15) is 10.3 Å². The second-order valence-electron chi connectivity index (χ2n) is 5.69. The van der Waals surface area contributed by atoms with Crippen molar-refractivity contribution < 1.29 is 9.53 Å². The molecule has 0 radical (unpaired) electrons. The summed E-state index contributed by atoms with van der Waals surface area (Å²) < 4.78 is 5.31. The van der Waals surface area contributed by atoms with Crippen LogP contribution in [0.3, 0.4) is 0 Å². The molecule has 1 aromatic heterocycles. The number of H-pyrrole nitrogens is 1. The first-order valence-corrected chi connectivity index (χ1v) is 6.02. The van der Waals surface area contributed by atoms with Crippen molar-refractivity contribution in [1.29, 1.82) is 0 Å². The lowest BCUT2D eigenvalue weighted by atomic mass is 10.0. The van der Waals surface area contributed by atoms with E-state index in [4.69, 9.17) is 4.74 Å². The molecule has 0 aromatic carbocycles. The number of aromatic nitrogens is 3.